The van der Waals surface area contributed by atoms with E-state index in [0.717, 1.165) is 53.9 Å². The second kappa shape index (κ2) is 8.51. The van der Waals surface area contributed by atoms with Gasteiger partial charge in [-0.15, -0.1) is 0 Å². The molecule has 6 rings (SSSR count). The Bertz CT molecular complexity index is 1370. The summed E-state index contributed by atoms with van der Waals surface area (Å²) in [4.78, 5) is 5.78. The van der Waals surface area contributed by atoms with Gasteiger partial charge in [-0.25, -0.2) is 4.39 Å². The van der Waals surface area contributed by atoms with E-state index in [2.05, 4.69) is 46.3 Å². The van der Waals surface area contributed by atoms with Crippen molar-refractivity contribution in [3.63, 3.8) is 0 Å². The van der Waals surface area contributed by atoms with Crippen LogP contribution in [0.5, 0.6) is 5.75 Å². The molecular formula is C30H31FN2O2. The number of β-amino-alcohol motifs (C(OH)–C–C–N with tert-alkyl or cyclic N) is 1. The minimum absolute atomic E-state index is 0.244. The monoisotopic (exact) mass is 470 g/mol. The second-order valence-electron chi connectivity index (χ2n) is 10.2. The van der Waals surface area contributed by atoms with E-state index >= 15 is 0 Å². The Kier molecular flexibility index (Phi) is 5.42. The molecule has 1 aliphatic carbocycles. The summed E-state index contributed by atoms with van der Waals surface area (Å²) in [5, 5.41) is 13.4. The van der Waals surface area contributed by atoms with Crippen LogP contribution >= 0.6 is 0 Å². The normalized spacial score (nSPS) is 24.2. The second-order valence-corrected chi connectivity index (χ2v) is 10.2. The largest absolute Gasteiger partial charge is 0.497 e. The van der Waals surface area contributed by atoms with Crippen LogP contribution in [0, 0.1) is 5.82 Å². The van der Waals surface area contributed by atoms with Crippen LogP contribution in [-0.2, 0) is 24.7 Å². The third-order valence-electron chi connectivity index (χ3n) is 8.34. The van der Waals surface area contributed by atoms with Gasteiger partial charge in [-0.1, -0.05) is 54.6 Å². The van der Waals surface area contributed by atoms with E-state index < -0.39 is 11.0 Å². The van der Waals surface area contributed by atoms with Crippen LogP contribution in [0.4, 0.5) is 4.39 Å². The summed E-state index contributed by atoms with van der Waals surface area (Å²) >= 11 is 0. The van der Waals surface area contributed by atoms with Crippen molar-refractivity contribution in [3.8, 4) is 5.75 Å². The van der Waals surface area contributed by atoms with Crippen LogP contribution in [-0.4, -0.2) is 47.3 Å². The highest BCUT2D eigenvalue weighted by atomic mass is 19.1. The molecule has 0 saturated carbocycles. The van der Waals surface area contributed by atoms with Gasteiger partial charge in [0, 0.05) is 42.4 Å². The first kappa shape index (κ1) is 22.3. The molecule has 1 saturated heterocycles. The number of rotatable bonds is 5. The lowest BCUT2D eigenvalue weighted by atomic mass is 9.56. The zero-order chi connectivity index (χ0) is 24.0. The third-order valence-corrected chi connectivity index (χ3v) is 8.34. The molecule has 0 spiro atoms. The maximum Gasteiger partial charge on any atom is 0.147 e. The highest BCUT2D eigenvalue weighted by molar-refractivity contribution is 5.86. The van der Waals surface area contributed by atoms with Crippen LogP contribution in [0.25, 0.3) is 10.9 Å². The van der Waals surface area contributed by atoms with Gasteiger partial charge < -0.3 is 19.7 Å². The quantitative estimate of drug-likeness (QED) is 0.430. The van der Waals surface area contributed by atoms with Gasteiger partial charge in [0.25, 0.3) is 0 Å². The number of hydrogen-bond donors (Lipinski definition) is 2. The van der Waals surface area contributed by atoms with Crippen LogP contribution in [0.3, 0.4) is 0 Å². The minimum atomic E-state index is -0.983. The maximum atomic E-state index is 14.7. The standard InChI is InChI=1S/C30H31FN2O2/c1-35-23-10-5-9-22(17-23)29-14-16-33(15-13-21-7-3-2-4-8-21)20-30(29,34)18-25-24-11-6-12-26(31)28(24)32-27(25)19-29/h2-12,17,32,34H,13-16,18-20H2,1H3. The Labute approximate surface area is 205 Å². The number of piperidine rings is 1. The minimum Gasteiger partial charge on any atom is -0.497 e. The summed E-state index contributed by atoms with van der Waals surface area (Å²) in [6.45, 7) is 2.38. The van der Waals surface area contributed by atoms with Gasteiger partial charge in [0.05, 0.1) is 18.2 Å². The summed E-state index contributed by atoms with van der Waals surface area (Å²) < 4.78 is 20.2. The number of nitrogens with one attached hydrogen (secondary N) is 1. The van der Waals surface area contributed by atoms with E-state index in [1.165, 1.54) is 11.6 Å². The number of benzene rings is 3. The van der Waals surface area contributed by atoms with Crippen molar-refractivity contribution in [1.82, 2.24) is 9.88 Å². The number of halogens is 1. The van der Waals surface area contributed by atoms with E-state index in [9.17, 15) is 9.50 Å². The van der Waals surface area contributed by atoms with Gasteiger partial charge in [0.1, 0.15) is 11.6 Å². The fourth-order valence-electron chi connectivity index (χ4n) is 6.46. The number of aromatic nitrogens is 1. The fraction of sp³-hybridized carbons (Fsp3) is 0.333. The van der Waals surface area contributed by atoms with Gasteiger partial charge in [-0.2, -0.15) is 0 Å². The molecule has 4 nitrogen and oxygen atoms in total. The third kappa shape index (κ3) is 3.65. The van der Waals surface area contributed by atoms with Crippen molar-refractivity contribution in [3.05, 3.63) is 101 Å². The SMILES string of the molecule is COc1cccc(C23CCN(CCc4ccccc4)CC2(O)Cc2c([nH]c4c(F)cccc24)C3)c1. The molecule has 1 fully saturated rings. The highest BCUT2D eigenvalue weighted by Gasteiger charge is 2.57. The lowest BCUT2D eigenvalue weighted by Gasteiger charge is -2.56. The zero-order valence-corrected chi connectivity index (χ0v) is 20.1. The van der Waals surface area contributed by atoms with Gasteiger partial charge in [-0.05, 0) is 54.3 Å². The smallest absolute Gasteiger partial charge is 0.147 e. The topological polar surface area (TPSA) is 48.5 Å². The number of aromatic amines is 1. The van der Waals surface area contributed by atoms with E-state index in [-0.39, 0.29) is 5.82 Å². The molecular weight excluding hydrogens is 439 g/mol. The van der Waals surface area contributed by atoms with Gasteiger partial charge in [-0.3, -0.25) is 0 Å². The van der Waals surface area contributed by atoms with Crippen LogP contribution in [0.2, 0.25) is 0 Å². The molecule has 2 unspecified atom stereocenters. The maximum absolute atomic E-state index is 14.7. The molecule has 2 aliphatic rings. The number of H-pyrrole nitrogens is 1. The average molecular weight is 471 g/mol. The molecule has 5 heteroatoms. The van der Waals surface area contributed by atoms with Crippen molar-refractivity contribution in [2.24, 2.45) is 0 Å². The molecule has 0 amide bonds. The molecule has 0 radical (unpaired) electrons. The van der Waals surface area contributed by atoms with E-state index in [0.29, 0.717) is 24.9 Å². The molecule has 4 aromatic rings. The molecule has 3 aromatic carbocycles. The number of methoxy groups -OCH3 is 1. The number of fused-ring (bicyclic) bond motifs is 4. The van der Waals surface area contributed by atoms with E-state index in [1.807, 2.05) is 24.3 Å². The predicted octanol–water partition coefficient (Wildman–Crippen LogP) is 5.03. The van der Waals surface area contributed by atoms with Gasteiger partial charge in [0.2, 0.25) is 0 Å². The van der Waals surface area contributed by atoms with Crippen molar-refractivity contribution in [2.45, 2.75) is 36.7 Å². The lowest BCUT2D eigenvalue weighted by molar-refractivity contribution is -0.102. The van der Waals surface area contributed by atoms with Crippen LogP contribution in [0.1, 0.15) is 28.8 Å². The van der Waals surface area contributed by atoms with Gasteiger partial charge >= 0.3 is 0 Å². The molecule has 35 heavy (non-hydrogen) atoms. The van der Waals surface area contributed by atoms with Crippen molar-refractivity contribution < 1.29 is 14.2 Å². The first-order valence-corrected chi connectivity index (χ1v) is 12.4. The molecule has 1 aliphatic heterocycles. The van der Waals surface area contributed by atoms with E-state index in [1.54, 1.807) is 13.2 Å². The number of nitrogens with zero attached hydrogens (tertiary/aromatic N) is 1. The summed E-state index contributed by atoms with van der Waals surface area (Å²) in [5.74, 6) is 0.547. The van der Waals surface area contributed by atoms with Crippen molar-refractivity contribution in [2.75, 3.05) is 26.7 Å². The molecule has 1 aromatic heterocycles. The number of aliphatic hydroxyl groups is 1. The fourth-order valence-corrected chi connectivity index (χ4v) is 6.46. The van der Waals surface area contributed by atoms with Crippen LogP contribution < -0.4 is 4.74 Å². The number of para-hydroxylation sites is 1. The number of hydrogen-bond acceptors (Lipinski definition) is 3. The first-order valence-electron chi connectivity index (χ1n) is 12.4. The van der Waals surface area contributed by atoms with Crippen molar-refractivity contribution in [1.29, 1.82) is 0 Å². The Morgan fingerprint density at radius 2 is 1.86 bits per heavy atom. The average Bonchev–Trinajstić information content (AvgIpc) is 3.24. The zero-order valence-electron chi connectivity index (χ0n) is 20.1. The summed E-state index contributed by atoms with van der Waals surface area (Å²) in [5.41, 5.74) is 3.56. The predicted molar refractivity (Wildman–Crippen MR) is 136 cm³/mol. The van der Waals surface area contributed by atoms with Crippen molar-refractivity contribution >= 4 is 10.9 Å². The van der Waals surface area contributed by atoms with Gasteiger partial charge in [0.15, 0.2) is 0 Å². The summed E-state index contributed by atoms with van der Waals surface area (Å²) in [6, 6.07) is 23.9. The molecule has 2 atom stereocenters. The number of likely N-dealkylation sites (tertiary alicyclic amines) is 1. The number of ether oxygens (including phenoxy) is 1. The summed E-state index contributed by atoms with van der Waals surface area (Å²) in [6.07, 6.45) is 2.91. The molecule has 0 bridgehead atoms. The molecule has 180 valence electrons. The van der Waals surface area contributed by atoms with E-state index in [4.69, 9.17) is 4.74 Å². The summed E-state index contributed by atoms with van der Waals surface area (Å²) in [7, 11) is 1.68. The molecule has 2 heterocycles. The Morgan fingerprint density at radius 1 is 1.03 bits per heavy atom. The Balaban J connectivity index is 1.41. The Hall–Kier alpha value is -3.15. The molecule has 2 N–H and O–H groups in total. The van der Waals surface area contributed by atoms with Crippen LogP contribution in [0.15, 0.2) is 72.8 Å². The first-order chi connectivity index (χ1) is 17.0. The lowest BCUT2D eigenvalue weighted by Crippen LogP contribution is -2.66. The highest BCUT2D eigenvalue weighted by Crippen LogP contribution is 2.52. The Morgan fingerprint density at radius 3 is 2.69 bits per heavy atom.